The highest BCUT2D eigenvalue weighted by molar-refractivity contribution is 8.00. The van der Waals surface area contributed by atoms with Gasteiger partial charge in [0.05, 0.1) is 4.92 Å². The minimum atomic E-state index is -0.948. The van der Waals surface area contributed by atoms with Crippen molar-refractivity contribution in [1.29, 1.82) is 0 Å². The third-order valence-corrected chi connectivity index (χ3v) is 4.79. The second-order valence-electron chi connectivity index (χ2n) is 5.71. The average molecular weight is 400 g/mol. The van der Waals surface area contributed by atoms with E-state index in [0.717, 1.165) is 17.4 Å². The predicted molar refractivity (Wildman–Crippen MR) is 102 cm³/mol. The van der Waals surface area contributed by atoms with E-state index in [0.29, 0.717) is 16.7 Å². The van der Waals surface area contributed by atoms with E-state index in [9.17, 15) is 20.0 Å². The number of para-hydroxylation sites is 1. The Morgan fingerprint density at radius 2 is 1.89 bits per heavy atom. The molecule has 0 spiro atoms. The summed E-state index contributed by atoms with van der Waals surface area (Å²) in [5.74, 6) is -0.0257. The Hall–Kier alpha value is -3.40. The molecule has 9 nitrogen and oxygen atoms in total. The normalized spacial score (nSPS) is 11.8. The number of nitro benzene ring substituents is 1. The largest absolute Gasteiger partial charge is 0.486 e. The number of hydrogen-bond donors (Lipinski definition) is 1. The highest BCUT2D eigenvalue weighted by Gasteiger charge is 2.20. The van der Waals surface area contributed by atoms with Crippen molar-refractivity contribution in [3.8, 4) is 11.4 Å². The van der Waals surface area contributed by atoms with Gasteiger partial charge < -0.3 is 9.84 Å². The molecule has 0 aliphatic rings. The van der Waals surface area contributed by atoms with Crippen LogP contribution >= 0.6 is 11.8 Å². The molecule has 0 radical (unpaired) electrons. The minimum absolute atomic E-state index is 0.0267. The number of nitrogens with zero attached hydrogens (tertiary/aromatic N) is 4. The number of ether oxygens (including phenoxy) is 1. The predicted octanol–water partition coefficient (Wildman–Crippen LogP) is 3.32. The molecule has 3 rings (SSSR count). The Balaban J connectivity index is 1.85. The van der Waals surface area contributed by atoms with Crippen LogP contribution in [0.15, 0.2) is 59.8 Å². The summed E-state index contributed by atoms with van der Waals surface area (Å²) < 4.78 is 7.41. The molecule has 0 bridgehead atoms. The molecule has 0 saturated carbocycles. The van der Waals surface area contributed by atoms with Gasteiger partial charge in [0.25, 0.3) is 5.69 Å². The Morgan fingerprint density at radius 3 is 2.50 bits per heavy atom. The molecule has 1 atom stereocenters. The van der Waals surface area contributed by atoms with Gasteiger partial charge in [-0.25, -0.2) is 0 Å². The number of nitro groups is 1. The first-order chi connectivity index (χ1) is 13.5. The summed E-state index contributed by atoms with van der Waals surface area (Å²) in [6.45, 7) is 1.63. The van der Waals surface area contributed by atoms with Gasteiger partial charge in [-0.05, 0) is 31.2 Å². The molecule has 0 amide bonds. The summed E-state index contributed by atoms with van der Waals surface area (Å²) >= 11 is 1.08. The molecule has 28 heavy (non-hydrogen) atoms. The minimum Gasteiger partial charge on any atom is -0.486 e. The van der Waals surface area contributed by atoms with Gasteiger partial charge in [-0.1, -0.05) is 30.0 Å². The van der Waals surface area contributed by atoms with E-state index in [1.807, 2.05) is 30.3 Å². The summed E-state index contributed by atoms with van der Waals surface area (Å²) in [5.41, 5.74) is 0.746. The van der Waals surface area contributed by atoms with Gasteiger partial charge in [0, 0.05) is 17.8 Å². The number of aliphatic carboxylic acids is 1. The first kappa shape index (κ1) is 19.4. The van der Waals surface area contributed by atoms with Crippen molar-refractivity contribution in [2.24, 2.45) is 0 Å². The van der Waals surface area contributed by atoms with E-state index in [4.69, 9.17) is 4.74 Å². The molecule has 10 heteroatoms. The van der Waals surface area contributed by atoms with Crippen molar-refractivity contribution in [2.75, 3.05) is 0 Å². The number of hydrogen-bond acceptors (Lipinski definition) is 7. The molecule has 0 fully saturated rings. The van der Waals surface area contributed by atoms with Crippen molar-refractivity contribution in [3.05, 3.63) is 70.5 Å². The summed E-state index contributed by atoms with van der Waals surface area (Å²) in [4.78, 5) is 21.4. The number of rotatable bonds is 8. The number of carboxylic acids is 1. The maximum Gasteiger partial charge on any atom is 0.316 e. The van der Waals surface area contributed by atoms with Crippen LogP contribution < -0.4 is 4.74 Å². The lowest BCUT2D eigenvalue weighted by atomic mass is 10.3. The zero-order valence-corrected chi connectivity index (χ0v) is 15.6. The molecule has 0 saturated heterocycles. The lowest BCUT2D eigenvalue weighted by molar-refractivity contribution is -0.384. The molecule has 0 aliphatic carbocycles. The van der Waals surface area contributed by atoms with Crippen LogP contribution in [-0.2, 0) is 11.4 Å². The van der Waals surface area contributed by atoms with Crippen molar-refractivity contribution < 1.29 is 19.6 Å². The van der Waals surface area contributed by atoms with Crippen LogP contribution in [0.3, 0.4) is 0 Å². The monoisotopic (exact) mass is 400 g/mol. The van der Waals surface area contributed by atoms with E-state index in [2.05, 4.69) is 10.2 Å². The molecule has 1 aromatic heterocycles. The maximum atomic E-state index is 11.2. The number of carboxylic acid groups (broad SMARTS) is 1. The summed E-state index contributed by atoms with van der Waals surface area (Å²) in [7, 11) is 0. The zero-order valence-electron chi connectivity index (χ0n) is 14.8. The van der Waals surface area contributed by atoms with Gasteiger partial charge in [-0.15, -0.1) is 10.2 Å². The SMILES string of the molecule is C[C@@H](Sc1nnc(COc2ccc([N+](=O)[O-])cc2)n1-c1ccccc1)C(=O)O. The first-order valence-electron chi connectivity index (χ1n) is 8.22. The molecular weight excluding hydrogens is 384 g/mol. The third-order valence-electron chi connectivity index (χ3n) is 3.76. The van der Waals surface area contributed by atoms with Crippen LogP contribution in [0.2, 0.25) is 0 Å². The second kappa shape index (κ2) is 8.53. The second-order valence-corrected chi connectivity index (χ2v) is 7.02. The molecule has 1 heterocycles. The van der Waals surface area contributed by atoms with Gasteiger partial charge in [-0.3, -0.25) is 19.5 Å². The van der Waals surface area contributed by atoms with Crippen LogP contribution in [0.5, 0.6) is 5.75 Å². The smallest absolute Gasteiger partial charge is 0.316 e. The number of aromatic nitrogens is 3. The fourth-order valence-corrected chi connectivity index (χ4v) is 3.15. The van der Waals surface area contributed by atoms with Crippen molar-refractivity contribution in [2.45, 2.75) is 23.9 Å². The van der Waals surface area contributed by atoms with Crippen LogP contribution in [0.1, 0.15) is 12.7 Å². The Morgan fingerprint density at radius 1 is 1.21 bits per heavy atom. The van der Waals surface area contributed by atoms with Gasteiger partial charge in [0.1, 0.15) is 17.6 Å². The topological polar surface area (TPSA) is 120 Å². The summed E-state index contributed by atoms with van der Waals surface area (Å²) in [6, 6.07) is 15.0. The fourth-order valence-electron chi connectivity index (χ4n) is 2.33. The number of non-ortho nitro benzene ring substituents is 1. The molecular formula is C18H16N4O5S. The van der Waals surface area contributed by atoms with Gasteiger partial charge in [-0.2, -0.15) is 0 Å². The van der Waals surface area contributed by atoms with Crippen LogP contribution in [0.25, 0.3) is 5.69 Å². The first-order valence-corrected chi connectivity index (χ1v) is 9.10. The molecule has 2 aromatic carbocycles. The van der Waals surface area contributed by atoms with E-state index >= 15 is 0 Å². The Labute approximate surface area is 164 Å². The number of benzene rings is 2. The third kappa shape index (κ3) is 4.46. The average Bonchev–Trinajstić information content (AvgIpc) is 3.09. The van der Waals surface area contributed by atoms with E-state index in [-0.39, 0.29) is 12.3 Å². The van der Waals surface area contributed by atoms with Crippen LogP contribution in [0, 0.1) is 10.1 Å². The van der Waals surface area contributed by atoms with Gasteiger partial charge in [0.2, 0.25) is 0 Å². The standard InChI is InChI=1S/C18H16N4O5S/c1-12(17(23)24)28-18-20-19-16(21(18)13-5-3-2-4-6-13)11-27-15-9-7-14(8-10-15)22(25)26/h2-10,12H,11H2,1H3,(H,23,24)/t12-/m1/s1. The lowest BCUT2D eigenvalue weighted by Gasteiger charge is -2.12. The molecule has 3 aromatic rings. The van der Waals surface area contributed by atoms with E-state index in [1.165, 1.54) is 24.3 Å². The van der Waals surface area contributed by atoms with Crippen molar-refractivity contribution >= 4 is 23.4 Å². The van der Waals surface area contributed by atoms with Crippen molar-refractivity contribution in [3.63, 3.8) is 0 Å². The molecule has 0 aliphatic heterocycles. The highest BCUT2D eigenvalue weighted by atomic mass is 32.2. The quantitative estimate of drug-likeness (QED) is 0.347. The van der Waals surface area contributed by atoms with Gasteiger partial charge in [0.15, 0.2) is 11.0 Å². The van der Waals surface area contributed by atoms with Crippen LogP contribution in [-0.4, -0.2) is 36.0 Å². The van der Waals surface area contributed by atoms with Gasteiger partial charge >= 0.3 is 5.97 Å². The fraction of sp³-hybridized carbons (Fsp3) is 0.167. The molecule has 0 unspecified atom stereocenters. The van der Waals surface area contributed by atoms with Crippen molar-refractivity contribution in [1.82, 2.24) is 14.8 Å². The number of carbonyl (C=O) groups is 1. The Bertz CT molecular complexity index is 975. The molecule has 1 N–H and O–H groups in total. The Kier molecular flexibility index (Phi) is 5.90. The maximum absolute atomic E-state index is 11.2. The van der Waals surface area contributed by atoms with Crippen LogP contribution in [0.4, 0.5) is 5.69 Å². The van der Waals surface area contributed by atoms with E-state index < -0.39 is 16.1 Å². The summed E-state index contributed by atoms with van der Waals surface area (Å²) in [6.07, 6.45) is 0. The molecule has 144 valence electrons. The van der Waals surface area contributed by atoms with E-state index in [1.54, 1.807) is 11.5 Å². The zero-order chi connectivity index (χ0) is 20.1. The lowest BCUT2D eigenvalue weighted by Crippen LogP contribution is -2.13. The highest BCUT2D eigenvalue weighted by Crippen LogP contribution is 2.26. The summed E-state index contributed by atoms with van der Waals surface area (Å²) in [5, 5.41) is 27.9. The number of thioether (sulfide) groups is 1.